The standard InChI is InChI=1S/C17H20N4O2/c1-12-3-4-14(13(2)11-12)19-17-18-6-5-15(20-17)16(22)21-7-9-23-10-8-21/h3-6,11H,7-10H2,1-2H3,(H,18,19,20). The first-order valence-electron chi connectivity index (χ1n) is 7.68. The van der Waals surface area contributed by atoms with Crippen LogP contribution in [-0.4, -0.2) is 47.1 Å². The van der Waals surface area contributed by atoms with E-state index in [-0.39, 0.29) is 5.91 Å². The van der Waals surface area contributed by atoms with E-state index in [4.69, 9.17) is 4.74 Å². The van der Waals surface area contributed by atoms with Crippen LogP contribution in [0.3, 0.4) is 0 Å². The van der Waals surface area contributed by atoms with Gasteiger partial charge in [0.25, 0.3) is 5.91 Å². The van der Waals surface area contributed by atoms with Crippen LogP contribution >= 0.6 is 0 Å². The Morgan fingerprint density at radius 2 is 2.00 bits per heavy atom. The molecule has 0 radical (unpaired) electrons. The largest absolute Gasteiger partial charge is 0.378 e. The molecule has 2 aromatic rings. The van der Waals surface area contributed by atoms with Gasteiger partial charge in [-0.1, -0.05) is 17.7 Å². The molecule has 120 valence electrons. The van der Waals surface area contributed by atoms with Crippen molar-refractivity contribution in [2.24, 2.45) is 0 Å². The summed E-state index contributed by atoms with van der Waals surface area (Å²) in [5, 5.41) is 3.18. The lowest BCUT2D eigenvalue weighted by molar-refractivity contribution is 0.0299. The van der Waals surface area contributed by atoms with Crippen LogP contribution < -0.4 is 5.32 Å². The molecule has 1 fully saturated rings. The van der Waals surface area contributed by atoms with Gasteiger partial charge in [-0.25, -0.2) is 9.97 Å². The Bertz CT molecular complexity index is 711. The fraction of sp³-hybridized carbons (Fsp3) is 0.353. The van der Waals surface area contributed by atoms with Gasteiger partial charge in [-0.05, 0) is 31.5 Å². The number of nitrogens with zero attached hydrogens (tertiary/aromatic N) is 3. The molecule has 0 aliphatic carbocycles. The molecule has 1 N–H and O–H groups in total. The Balaban J connectivity index is 1.78. The van der Waals surface area contributed by atoms with E-state index in [1.165, 1.54) is 5.56 Å². The number of benzene rings is 1. The van der Waals surface area contributed by atoms with Gasteiger partial charge < -0.3 is 15.0 Å². The lowest BCUT2D eigenvalue weighted by atomic mass is 10.1. The second-order valence-electron chi connectivity index (χ2n) is 5.61. The minimum Gasteiger partial charge on any atom is -0.378 e. The predicted molar refractivity (Wildman–Crippen MR) is 88.0 cm³/mol. The van der Waals surface area contributed by atoms with Gasteiger partial charge in [0.1, 0.15) is 5.69 Å². The molecule has 2 heterocycles. The van der Waals surface area contributed by atoms with E-state index < -0.39 is 0 Å². The highest BCUT2D eigenvalue weighted by atomic mass is 16.5. The molecular formula is C17H20N4O2. The summed E-state index contributed by atoms with van der Waals surface area (Å²) in [5.41, 5.74) is 3.64. The van der Waals surface area contributed by atoms with Crippen LogP contribution in [0.5, 0.6) is 0 Å². The fourth-order valence-electron chi connectivity index (χ4n) is 2.54. The summed E-state index contributed by atoms with van der Waals surface area (Å²) in [5.74, 6) is 0.343. The minimum absolute atomic E-state index is 0.0839. The number of ether oxygens (including phenoxy) is 1. The van der Waals surface area contributed by atoms with Crippen molar-refractivity contribution >= 4 is 17.5 Å². The molecule has 1 aliphatic rings. The number of aryl methyl sites for hydroxylation is 2. The first kappa shape index (κ1) is 15.4. The molecule has 0 bridgehead atoms. The van der Waals surface area contributed by atoms with Crippen molar-refractivity contribution in [3.63, 3.8) is 0 Å². The van der Waals surface area contributed by atoms with Crippen molar-refractivity contribution in [3.8, 4) is 0 Å². The quantitative estimate of drug-likeness (QED) is 0.942. The molecule has 1 aliphatic heterocycles. The van der Waals surface area contributed by atoms with Gasteiger partial charge >= 0.3 is 0 Å². The van der Waals surface area contributed by atoms with Crippen LogP contribution in [0.15, 0.2) is 30.5 Å². The van der Waals surface area contributed by atoms with E-state index in [9.17, 15) is 4.79 Å². The number of hydrogen-bond acceptors (Lipinski definition) is 5. The summed E-state index contributed by atoms with van der Waals surface area (Å²) in [7, 11) is 0. The summed E-state index contributed by atoms with van der Waals surface area (Å²) in [6.45, 7) is 6.42. The molecular weight excluding hydrogens is 292 g/mol. The van der Waals surface area contributed by atoms with Crippen molar-refractivity contribution < 1.29 is 9.53 Å². The number of anilines is 2. The van der Waals surface area contributed by atoms with E-state index >= 15 is 0 Å². The molecule has 0 saturated carbocycles. The molecule has 6 heteroatoms. The van der Waals surface area contributed by atoms with Crippen molar-refractivity contribution in [1.29, 1.82) is 0 Å². The molecule has 1 saturated heterocycles. The number of hydrogen-bond donors (Lipinski definition) is 1. The second kappa shape index (κ2) is 6.75. The maximum absolute atomic E-state index is 12.5. The van der Waals surface area contributed by atoms with Gasteiger partial charge in [-0.3, -0.25) is 4.79 Å². The fourth-order valence-corrected chi connectivity index (χ4v) is 2.54. The van der Waals surface area contributed by atoms with E-state index in [2.05, 4.69) is 28.3 Å². The Hall–Kier alpha value is -2.47. The van der Waals surface area contributed by atoms with E-state index in [1.54, 1.807) is 17.2 Å². The summed E-state index contributed by atoms with van der Waals surface area (Å²) >= 11 is 0. The highest BCUT2D eigenvalue weighted by molar-refractivity contribution is 5.92. The molecule has 0 unspecified atom stereocenters. The number of rotatable bonds is 3. The Labute approximate surface area is 135 Å². The molecule has 3 rings (SSSR count). The molecule has 1 aromatic heterocycles. The molecule has 1 amide bonds. The van der Waals surface area contributed by atoms with Gasteiger partial charge in [0.2, 0.25) is 5.95 Å². The Morgan fingerprint density at radius 3 is 2.74 bits per heavy atom. The second-order valence-corrected chi connectivity index (χ2v) is 5.61. The van der Waals surface area contributed by atoms with Gasteiger partial charge in [0, 0.05) is 25.0 Å². The SMILES string of the molecule is Cc1ccc(Nc2nccc(C(=O)N3CCOCC3)n2)c(C)c1. The van der Waals surface area contributed by atoms with Gasteiger partial charge in [-0.2, -0.15) is 0 Å². The molecule has 0 spiro atoms. The van der Waals surface area contributed by atoms with Gasteiger partial charge in [0.15, 0.2) is 0 Å². The molecule has 0 atom stereocenters. The summed E-state index contributed by atoms with van der Waals surface area (Å²) < 4.78 is 5.27. The topological polar surface area (TPSA) is 67.4 Å². The zero-order chi connectivity index (χ0) is 16.2. The summed E-state index contributed by atoms with van der Waals surface area (Å²) in [4.78, 5) is 22.8. The van der Waals surface area contributed by atoms with Crippen molar-refractivity contribution in [1.82, 2.24) is 14.9 Å². The maximum Gasteiger partial charge on any atom is 0.272 e. The first-order chi connectivity index (χ1) is 11.1. The van der Waals surface area contributed by atoms with Crippen molar-refractivity contribution in [2.45, 2.75) is 13.8 Å². The van der Waals surface area contributed by atoms with Crippen LogP contribution in [0.2, 0.25) is 0 Å². The highest BCUT2D eigenvalue weighted by Gasteiger charge is 2.20. The smallest absolute Gasteiger partial charge is 0.272 e. The Kier molecular flexibility index (Phi) is 4.52. The van der Waals surface area contributed by atoms with Crippen molar-refractivity contribution in [3.05, 3.63) is 47.3 Å². The van der Waals surface area contributed by atoms with E-state index in [0.29, 0.717) is 37.9 Å². The van der Waals surface area contributed by atoms with Crippen LogP contribution in [0, 0.1) is 13.8 Å². The number of morpholine rings is 1. The lowest BCUT2D eigenvalue weighted by Crippen LogP contribution is -2.41. The lowest BCUT2D eigenvalue weighted by Gasteiger charge is -2.26. The highest BCUT2D eigenvalue weighted by Crippen LogP contribution is 2.19. The molecule has 23 heavy (non-hydrogen) atoms. The minimum atomic E-state index is -0.0839. The van der Waals surface area contributed by atoms with Crippen LogP contribution in [-0.2, 0) is 4.74 Å². The number of carbonyl (C=O) groups is 1. The van der Waals surface area contributed by atoms with Crippen molar-refractivity contribution in [2.75, 3.05) is 31.6 Å². The average Bonchev–Trinajstić information content (AvgIpc) is 2.58. The summed E-state index contributed by atoms with van der Waals surface area (Å²) in [6.07, 6.45) is 1.60. The summed E-state index contributed by atoms with van der Waals surface area (Å²) in [6, 6.07) is 7.75. The molecule has 6 nitrogen and oxygen atoms in total. The predicted octanol–water partition coefficient (Wildman–Crippen LogP) is 2.31. The monoisotopic (exact) mass is 312 g/mol. The number of carbonyl (C=O) groups excluding carboxylic acids is 1. The number of aromatic nitrogens is 2. The van der Waals surface area contributed by atoms with Crippen LogP contribution in [0.4, 0.5) is 11.6 Å². The van der Waals surface area contributed by atoms with Gasteiger partial charge in [-0.15, -0.1) is 0 Å². The third-order valence-electron chi connectivity index (χ3n) is 3.80. The normalized spacial score (nSPS) is 14.6. The molecule has 1 aromatic carbocycles. The van der Waals surface area contributed by atoms with Crippen LogP contribution in [0.1, 0.15) is 21.6 Å². The average molecular weight is 312 g/mol. The maximum atomic E-state index is 12.5. The number of amides is 1. The first-order valence-corrected chi connectivity index (χ1v) is 7.68. The zero-order valence-corrected chi connectivity index (χ0v) is 13.4. The van der Waals surface area contributed by atoms with E-state index in [0.717, 1.165) is 11.3 Å². The van der Waals surface area contributed by atoms with Gasteiger partial charge in [0.05, 0.1) is 13.2 Å². The Morgan fingerprint density at radius 1 is 1.22 bits per heavy atom. The number of nitrogens with one attached hydrogen (secondary N) is 1. The third kappa shape index (κ3) is 3.65. The van der Waals surface area contributed by atoms with Crippen LogP contribution in [0.25, 0.3) is 0 Å². The van der Waals surface area contributed by atoms with E-state index in [1.807, 2.05) is 19.1 Å². The zero-order valence-electron chi connectivity index (χ0n) is 13.4. The third-order valence-corrected chi connectivity index (χ3v) is 3.80.